The number of nitriles is 1. The largest absolute Gasteiger partial charge is 0.436 e. The van der Waals surface area contributed by atoms with Crippen molar-refractivity contribution >= 4 is 16.9 Å². The summed E-state index contributed by atoms with van der Waals surface area (Å²) in [7, 11) is 0. The van der Waals surface area contributed by atoms with Crippen molar-refractivity contribution in [3.8, 4) is 17.3 Å². The minimum absolute atomic E-state index is 0.142. The van der Waals surface area contributed by atoms with E-state index >= 15 is 0 Å². The van der Waals surface area contributed by atoms with Gasteiger partial charge >= 0.3 is 6.18 Å². The molecule has 1 amide bonds. The first-order chi connectivity index (χ1) is 19.2. The maximum absolute atomic E-state index is 14.4. The summed E-state index contributed by atoms with van der Waals surface area (Å²) >= 11 is 0. The van der Waals surface area contributed by atoms with Crippen molar-refractivity contribution in [3.05, 3.63) is 60.3 Å². The number of nitrogens with zero attached hydrogens (tertiary/aromatic N) is 8. The monoisotopic (exact) mass is 553 g/mol. The predicted octanol–water partition coefficient (Wildman–Crippen LogP) is 3.60. The van der Waals surface area contributed by atoms with Crippen molar-refractivity contribution in [2.24, 2.45) is 0 Å². The molecule has 1 saturated heterocycles. The lowest BCUT2D eigenvalue weighted by Gasteiger charge is -2.52. The van der Waals surface area contributed by atoms with Crippen molar-refractivity contribution in [1.82, 2.24) is 39.5 Å². The second-order valence-corrected chi connectivity index (χ2v) is 10.1. The fraction of sp³-hybridized carbons (Fsp3) is 0.385. The number of fused-ring (bicyclic) bond motifs is 1. The van der Waals surface area contributed by atoms with Crippen molar-refractivity contribution in [1.29, 1.82) is 5.26 Å². The topological polar surface area (TPSA) is 120 Å². The number of amides is 1. The van der Waals surface area contributed by atoms with Crippen LogP contribution in [0.15, 0.2) is 43.2 Å². The minimum atomic E-state index is -4.99. The van der Waals surface area contributed by atoms with Crippen LogP contribution >= 0.6 is 0 Å². The lowest BCUT2D eigenvalue weighted by Crippen LogP contribution is -2.60. The zero-order valence-corrected chi connectivity index (χ0v) is 21.1. The number of piperazine rings is 1. The van der Waals surface area contributed by atoms with Crippen LogP contribution in [0.4, 0.5) is 17.6 Å². The van der Waals surface area contributed by atoms with Crippen LogP contribution in [0.3, 0.4) is 0 Å². The lowest BCUT2D eigenvalue weighted by molar-refractivity contribution is -0.143. The molecule has 0 bridgehead atoms. The van der Waals surface area contributed by atoms with E-state index in [4.69, 9.17) is 0 Å². The molecule has 4 aromatic rings. The Labute approximate surface area is 225 Å². The Hall–Kier alpha value is -4.38. The number of halogens is 4. The molecule has 4 aromatic heterocycles. The molecular weight excluding hydrogens is 530 g/mol. The first-order valence-corrected chi connectivity index (χ1v) is 12.7. The van der Waals surface area contributed by atoms with E-state index in [1.165, 1.54) is 11.2 Å². The van der Waals surface area contributed by atoms with Crippen LogP contribution in [0.5, 0.6) is 0 Å². The summed E-state index contributed by atoms with van der Waals surface area (Å²) < 4.78 is 55.4. The van der Waals surface area contributed by atoms with Gasteiger partial charge in [-0.15, -0.1) is 0 Å². The van der Waals surface area contributed by atoms with Gasteiger partial charge in [0.2, 0.25) is 0 Å². The van der Waals surface area contributed by atoms with E-state index in [0.29, 0.717) is 25.9 Å². The third-order valence-electron chi connectivity index (χ3n) is 7.84. The summed E-state index contributed by atoms with van der Waals surface area (Å²) in [5.41, 5.74) is -0.533. The molecule has 1 aliphatic heterocycles. The van der Waals surface area contributed by atoms with Crippen LogP contribution in [0, 0.1) is 17.1 Å². The van der Waals surface area contributed by atoms with Crippen molar-refractivity contribution in [2.75, 3.05) is 26.2 Å². The predicted molar refractivity (Wildman–Crippen MR) is 133 cm³/mol. The van der Waals surface area contributed by atoms with Gasteiger partial charge in [-0.05, 0) is 25.0 Å². The van der Waals surface area contributed by atoms with E-state index in [0.717, 1.165) is 34.6 Å². The number of alkyl halides is 3. The summed E-state index contributed by atoms with van der Waals surface area (Å²) in [6.07, 6.45) is 4.34. The first kappa shape index (κ1) is 25.9. The number of carbonyl (C=O) groups excluding carboxylic acids is 1. The van der Waals surface area contributed by atoms with E-state index in [2.05, 4.69) is 36.0 Å². The normalized spacial score (nSPS) is 21.8. The summed E-state index contributed by atoms with van der Waals surface area (Å²) in [5.74, 6) is -2.44. The molecule has 2 fully saturated rings. The average molecular weight is 554 g/mol. The third kappa shape index (κ3) is 4.36. The van der Waals surface area contributed by atoms with Crippen molar-refractivity contribution in [2.45, 2.75) is 37.0 Å². The van der Waals surface area contributed by atoms with Gasteiger partial charge in [-0.25, -0.2) is 19.3 Å². The molecule has 0 aromatic carbocycles. The fourth-order valence-corrected chi connectivity index (χ4v) is 5.71. The molecular formula is C26H23F4N9O. The SMILES string of the molecule is N#CC[C@]1(n2cc(-c3ncnc4[nH]ccc34)cn2)C[C@@H](N2CCN(C(=O)c3ccnc(C(F)(F)F)c3F)CC2)C1. The molecule has 2 aliphatic rings. The molecule has 40 heavy (non-hydrogen) atoms. The molecule has 1 saturated carbocycles. The molecule has 5 heterocycles. The standard InChI is InChI=1S/C26H23F4N9O/c27-20-18(1-5-32-22(20)26(28,29)30)24(40)38-9-7-37(8-10-38)17-11-25(12-17,3-4-31)39-14-16(13-36-39)21-19-2-6-33-23(19)35-15-34-21/h1-2,5-6,13-15,17H,3,7-12H2,(H,33,34,35)/t17-,25+. The van der Waals surface area contributed by atoms with Gasteiger partial charge in [-0.1, -0.05) is 0 Å². The molecule has 6 rings (SSSR count). The highest BCUT2D eigenvalue weighted by Gasteiger charge is 2.49. The number of hydrogen-bond acceptors (Lipinski definition) is 7. The quantitative estimate of drug-likeness (QED) is 0.375. The highest BCUT2D eigenvalue weighted by molar-refractivity contribution is 5.94. The minimum Gasteiger partial charge on any atom is -0.346 e. The summed E-state index contributed by atoms with van der Waals surface area (Å²) in [5, 5.41) is 15.0. The summed E-state index contributed by atoms with van der Waals surface area (Å²) in [4.78, 5) is 31.1. The Kier molecular flexibility index (Phi) is 6.25. The molecule has 206 valence electrons. The highest BCUT2D eigenvalue weighted by atomic mass is 19.4. The number of aromatic amines is 1. The molecule has 0 atom stereocenters. The smallest absolute Gasteiger partial charge is 0.346 e. The number of nitrogens with one attached hydrogen (secondary N) is 1. The lowest BCUT2D eigenvalue weighted by atomic mass is 9.70. The van der Waals surface area contributed by atoms with Crippen LogP contribution < -0.4 is 0 Å². The van der Waals surface area contributed by atoms with Gasteiger partial charge in [-0.2, -0.15) is 23.5 Å². The second kappa shape index (κ2) is 9.67. The zero-order valence-electron chi connectivity index (χ0n) is 21.1. The van der Waals surface area contributed by atoms with Crippen molar-refractivity contribution < 1.29 is 22.4 Å². The maximum Gasteiger partial charge on any atom is 0.436 e. The number of aromatic nitrogens is 6. The summed E-state index contributed by atoms with van der Waals surface area (Å²) in [6, 6.07) is 5.30. The molecule has 0 unspecified atom stereocenters. The number of hydrogen-bond donors (Lipinski definition) is 1. The maximum atomic E-state index is 14.4. The summed E-state index contributed by atoms with van der Waals surface area (Å²) in [6.45, 7) is 1.45. The molecule has 14 heteroatoms. The number of carbonyl (C=O) groups is 1. The Balaban J connectivity index is 1.12. The van der Waals surface area contributed by atoms with E-state index in [9.17, 15) is 27.6 Å². The van der Waals surface area contributed by atoms with Crippen LogP contribution in [-0.4, -0.2) is 77.6 Å². The van der Waals surface area contributed by atoms with Crippen LogP contribution in [0.1, 0.15) is 35.3 Å². The van der Waals surface area contributed by atoms with Crippen LogP contribution in [0.2, 0.25) is 0 Å². The first-order valence-electron chi connectivity index (χ1n) is 12.7. The average Bonchev–Trinajstić information content (AvgIpc) is 3.60. The molecule has 10 nitrogen and oxygen atoms in total. The van der Waals surface area contributed by atoms with Gasteiger partial charge < -0.3 is 9.88 Å². The van der Waals surface area contributed by atoms with Gasteiger partial charge in [0, 0.05) is 61.8 Å². The molecule has 0 spiro atoms. The van der Waals surface area contributed by atoms with Crippen molar-refractivity contribution in [3.63, 3.8) is 0 Å². The second-order valence-electron chi connectivity index (χ2n) is 10.1. The van der Waals surface area contributed by atoms with Gasteiger partial charge in [0.1, 0.15) is 12.0 Å². The Morgan fingerprint density at radius 1 is 1.15 bits per heavy atom. The Morgan fingerprint density at radius 3 is 2.65 bits per heavy atom. The van der Waals surface area contributed by atoms with Gasteiger partial charge in [-0.3, -0.25) is 14.4 Å². The number of pyridine rings is 1. The van der Waals surface area contributed by atoms with Crippen LogP contribution in [0.25, 0.3) is 22.3 Å². The van der Waals surface area contributed by atoms with Gasteiger partial charge in [0.25, 0.3) is 5.91 Å². The van der Waals surface area contributed by atoms with E-state index in [-0.39, 0.29) is 25.6 Å². The van der Waals surface area contributed by atoms with E-state index in [1.54, 1.807) is 12.4 Å². The molecule has 0 radical (unpaired) electrons. The van der Waals surface area contributed by atoms with E-state index in [1.807, 2.05) is 16.9 Å². The fourth-order valence-electron chi connectivity index (χ4n) is 5.71. The van der Waals surface area contributed by atoms with Gasteiger partial charge in [0.05, 0.1) is 35.5 Å². The molecule has 1 N–H and O–H groups in total. The highest BCUT2D eigenvalue weighted by Crippen LogP contribution is 2.45. The van der Waals surface area contributed by atoms with Crippen LogP contribution in [-0.2, 0) is 11.7 Å². The molecule has 1 aliphatic carbocycles. The number of H-pyrrole nitrogens is 1. The van der Waals surface area contributed by atoms with Gasteiger partial charge in [0.15, 0.2) is 11.5 Å². The number of rotatable bonds is 5. The zero-order chi connectivity index (χ0) is 28.1. The van der Waals surface area contributed by atoms with E-state index < -0.39 is 34.7 Å². The third-order valence-corrected chi connectivity index (χ3v) is 7.84. The Bertz CT molecular complexity index is 1610. The Morgan fingerprint density at radius 2 is 1.93 bits per heavy atom.